The van der Waals surface area contributed by atoms with Crippen LogP contribution in [-0.4, -0.2) is 66.5 Å². The molecule has 11 rings (SSSR count). The number of pyridine rings is 5. The molecule has 0 radical (unpaired) electrons. The molecule has 0 aliphatic heterocycles. The molecule has 3 aromatic carbocycles. The molecule has 0 fully saturated rings. The molecule has 96 heavy (non-hydrogen) atoms. The molecule has 8 aromatic heterocycles. The van der Waals surface area contributed by atoms with Crippen LogP contribution in [0.3, 0.4) is 0 Å². The quantitative estimate of drug-likeness (QED) is 0.119. The molecule has 0 atom stereocenters. The number of benzene rings is 3. The summed E-state index contributed by atoms with van der Waals surface area (Å²) in [6.07, 6.45) is 21.2. The molecule has 0 N–H and O–H groups in total. The zero-order valence-electron chi connectivity index (χ0n) is 62.3. The highest BCUT2D eigenvalue weighted by Gasteiger charge is 1.91. The number of aryl methyl sites for hydroxylation is 22. The molecule has 8 heterocycles. The Hall–Kier alpha value is -10.3. The summed E-state index contributed by atoms with van der Waals surface area (Å²) in [7, 11) is 0. The standard InChI is InChI=1S/3C8H10.5C7H9N.C7H11N.2C6H8N2.C5H7N3/c1-7-3-5-8(2)6-4-7;1-7-4-3-5-8(2)6-7;1-7-5-3-4-6-8(7)2;1-6-3-7(2)5-8-4-6;1-6-3-4-8-5-7(6)2;1-6-3-4-8-7(2)5-6;1-6-3-4-7(2)8-5-6;1-6-4-3-5-7(2)8-6;1-5-6(2)7(3)8-4;1-5-3-7-4-6(2)8-5;1-5-6(2)8-4-3-7-5;1-4-6-3-7-5(2)8-4/h3*3-6H,1-2H3;5*3-5H,1-2H3;5H,1,4H2,2-3H3;2*3-4H,1-2H3;3H,1-2H3/b;;;;;;;;7-6-;;;. The van der Waals surface area contributed by atoms with Crippen molar-refractivity contribution >= 4 is 6.72 Å². The van der Waals surface area contributed by atoms with E-state index in [0.717, 1.165) is 68.5 Å². The minimum Gasteiger partial charge on any atom is -0.269 e. The normalized spacial score (nSPS) is 9.50. The van der Waals surface area contributed by atoms with Crippen LogP contribution in [0.25, 0.3) is 0 Å². The largest absolute Gasteiger partial charge is 0.269 e. The van der Waals surface area contributed by atoms with Crippen LogP contribution in [0, 0.1) is 152 Å². The van der Waals surface area contributed by atoms with Crippen molar-refractivity contribution in [2.24, 2.45) is 4.99 Å². The Morgan fingerprint density at radius 1 is 0.312 bits per heavy atom. The van der Waals surface area contributed by atoms with Crippen molar-refractivity contribution in [3.8, 4) is 0 Å². The van der Waals surface area contributed by atoms with Gasteiger partial charge in [-0.25, -0.2) is 15.0 Å². The van der Waals surface area contributed by atoms with Crippen molar-refractivity contribution in [1.82, 2.24) is 59.8 Å². The first-order valence-corrected chi connectivity index (χ1v) is 31.9. The van der Waals surface area contributed by atoms with Gasteiger partial charge in [0.1, 0.15) is 18.0 Å². The van der Waals surface area contributed by atoms with E-state index in [1.165, 1.54) is 73.1 Å². The number of hydrogen-bond donors (Lipinski definition) is 0. The molecule has 0 amide bonds. The molecule has 0 aliphatic rings. The van der Waals surface area contributed by atoms with Crippen LogP contribution < -0.4 is 0 Å². The first-order chi connectivity index (χ1) is 45.4. The minimum absolute atomic E-state index is 0.775. The van der Waals surface area contributed by atoms with Crippen molar-refractivity contribution in [3.63, 3.8) is 0 Å². The minimum atomic E-state index is 0.775. The maximum absolute atomic E-state index is 4.17. The van der Waals surface area contributed by atoms with E-state index in [0.29, 0.717) is 0 Å². The van der Waals surface area contributed by atoms with Crippen molar-refractivity contribution in [2.45, 2.75) is 166 Å². The molecule has 0 spiro atoms. The average molecular weight is 1290 g/mol. The molecule has 13 nitrogen and oxygen atoms in total. The second kappa shape index (κ2) is 51.2. The number of nitrogens with zero attached hydrogens (tertiary/aromatic N) is 13. The molecule has 0 saturated heterocycles. The number of aromatic nitrogens is 12. The Morgan fingerprint density at radius 3 is 1.03 bits per heavy atom. The fraction of sp³-hybridized carbons (Fsp3) is 0.289. The summed E-state index contributed by atoms with van der Waals surface area (Å²) in [5.74, 6) is 1.55. The van der Waals surface area contributed by atoms with Crippen LogP contribution in [0.2, 0.25) is 0 Å². The van der Waals surface area contributed by atoms with Gasteiger partial charge in [-0.2, -0.15) is 0 Å². The van der Waals surface area contributed by atoms with E-state index in [1.54, 1.807) is 30.9 Å². The predicted octanol–water partition coefficient (Wildman–Crippen LogP) is 20.2. The number of hydrogen-bond acceptors (Lipinski definition) is 13. The highest BCUT2D eigenvalue weighted by molar-refractivity contribution is 5.32. The lowest BCUT2D eigenvalue weighted by Gasteiger charge is -1.93. The third-order valence-corrected chi connectivity index (χ3v) is 13.2. The Bertz CT molecular complexity index is 3220. The lowest BCUT2D eigenvalue weighted by molar-refractivity contribution is 0.920. The van der Waals surface area contributed by atoms with E-state index in [4.69, 9.17) is 0 Å². The van der Waals surface area contributed by atoms with Gasteiger partial charge in [-0.1, -0.05) is 126 Å². The molecule has 506 valence electrons. The molecular formula is C83H109N13. The summed E-state index contributed by atoms with van der Waals surface area (Å²) in [5, 5.41) is 0. The highest BCUT2D eigenvalue weighted by Crippen LogP contribution is 2.06. The van der Waals surface area contributed by atoms with Crippen LogP contribution in [0.5, 0.6) is 0 Å². The maximum Gasteiger partial charge on any atom is 0.129 e. The SMILES string of the molecule is C=C/C(C)=C(/C)N=C.Cc1ccc(C)cc1.Cc1ccc(C)nc1.Cc1cccc(C)c1.Cc1cccc(C)n1.Cc1ccccc1C.Cc1ccnc(C)c1.Cc1ccncc1C.Cc1cncc(C)c1.Cc1cncc(C)n1.Cc1nccnc1C.Cc1ncnc(C)n1. The fourth-order valence-corrected chi connectivity index (χ4v) is 7.09. The molecule has 0 unspecified atom stereocenters. The zero-order chi connectivity index (χ0) is 72.4. The van der Waals surface area contributed by atoms with E-state index in [-0.39, 0.29) is 0 Å². The monoisotopic (exact) mass is 1290 g/mol. The Labute approximate surface area is 578 Å². The Morgan fingerprint density at radius 2 is 0.760 bits per heavy atom. The predicted molar refractivity (Wildman–Crippen MR) is 407 cm³/mol. The molecule has 13 heteroatoms. The first-order valence-electron chi connectivity index (χ1n) is 31.9. The van der Waals surface area contributed by atoms with E-state index in [1.807, 2.05) is 177 Å². The molecule has 0 aliphatic carbocycles. The van der Waals surface area contributed by atoms with Crippen LogP contribution in [-0.2, 0) is 0 Å². The number of aliphatic imine (C=N–C) groups is 1. The Kier molecular flexibility index (Phi) is 45.7. The van der Waals surface area contributed by atoms with Crippen molar-refractivity contribution in [3.05, 3.63) is 344 Å². The first kappa shape index (κ1) is 85.7. The highest BCUT2D eigenvalue weighted by atomic mass is 15.0. The number of allylic oxidation sites excluding steroid dienone is 3. The Balaban J connectivity index is 0.00000103. The van der Waals surface area contributed by atoms with Gasteiger partial charge in [0, 0.05) is 90.4 Å². The van der Waals surface area contributed by atoms with Gasteiger partial charge in [-0.05, 0) is 259 Å². The summed E-state index contributed by atoms with van der Waals surface area (Å²) in [6, 6.07) is 43.5. The van der Waals surface area contributed by atoms with Gasteiger partial charge in [0.15, 0.2) is 0 Å². The van der Waals surface area contributed by atoms with Crippen LogP contribution >= 0.6 is 0 Å². The third kappa shape index (κ3) is 46.7. The maximum atomic E-state index is 4.17. The van der Waals surface area contributed by atoms with Gasteiger partial charge in [0.05, 0.1) is 22.8 Å². The van der Waals surface area contributed by atoms with Crippen LogP contribution in [0.4, 0.5) is 0 Å². The zero-order valence-corrected chi connectivity index (χ0v) is 62.3. The lowest BCUT2D eigenvalue weighted by Crippen LogP contribution is -1.91. The third-order valence-electron chi connectivity index (χ3n) is 13.2. The van der Waals surface area contributed by atoms with E-state index in [2.05, 4.69) is 231 Å². The van der Waals surface area contributed by atoms with Crippen LogP contribution in [0.1, 0.15) is 138 Å². The lowest BCUT2D eigenvalue weighted by atomic mass is 10.1. The second-order valence-electron chi connectivity index (χ2n) is 23.0. The fourth-order valence-electron chi connectivity index (χ4n) is 7.09. The van der Waals surface area contributed by atoms with Crippen LogP contribution in [0.15, 0.2) is 225 Å². The van der Waals surface area contributed by atoms with E-state index >= 15 is 0 Å². The van der Waals surface area contributed by atoms with Gasteiger partial charge in [-0.3, -0.25) is 49.8 Å². The van der Waals surface area contributed by atoms with Gasteiger partial charge in [-0.15, -0.1) is 0 Å². The van der Waals surface area contributed by atoms with Gasteiger partial charge >= 0.3 is 0 Å². The van der Waals surface area contributed by atoms with Crippen molar-refractivity contribution in [2.75, 3.05) is 0 Å². The summed E-state index contributed by atoms with van der Waals surface area (Å²) in [6.45, 7) is 55.2. The van der Waals surface area contributed by atoms with E-state index < -0.39 is 0 Å². The molecule has 0 saturated carbocycles. The molecular weight excluding hydrogens is 1180 g/mol. The van der Waals surface area contributed by atoms with Gasteiger partial charge in [0.2, 0.25) is 0 Å². The molecule has 11 aromatic rings. The second-order valence-corrected chi connectivity index (χ2v) is 23.0. The molecule has 0 bridgehead atoms. The van der Waals surface area contributed by atoms with Crippen molar-refractivity contribution in [1.29, 1.82) is 0 Å². The van der Waals surface area contributed by atoms with E-state index in [9.17, 15) is 0 Å². The van der Waals surface area contributed by atoms with Gasteiger partial charge in [0.25, 0.3) is 0 Å². The van der Waals surface area contributed by atoms with Crippen molar-refractivity contribution < 1.29 is 0 Å². The topological polar surface area (TPSA) is 167 Å². The number of rotatable bonds is 2. The summed E-state index contributed by atoms with van der Waals surface area (Å²) in [4.78, 5) is 51.6. The summed E-state index contributed by atoms with van der Waals surface area (Å²) < 4.78 is 0. The smallest absolute Gasteiger partial charge is 0.129 e. The average Bonchev–Trinajstić information content (AvgIpc) is 3.72. The van der Waals surface area contributed by atoms with Gasteiger partial charge < -0.3 is 0 Å². The summed E-state index contributed by atoms with van der Waals surface area (Å²) in [5.41, 5.74) is 25.9. The summed E-state index contributed by atoms with van der Waals surface area (Å²) >= 11 is 0.